The van der Waals surface area contributed by atoms with Crippen molar-refractivity contribution in [1.82, 2.24) is 0 Å². The molecular weight excluding hydrogens is 748 g/mol. The summed E-state index contributed by atoms with van der Waals surface area (Å²) >= 11 is 0. The first-order chi connectivity index (χ1) is 28.0. The molecule has 3 fully saturated rings. The molecule has 0 aromatic carbocycles. The molecule has 0 bridgehead atoms. The van der Waals surface area contributed by atoms with Gasteiger partial charge in [0.2, 0.25) is 0 Å². The van der Waals surface area contributed by atoms with Crippen LogP contribution in [0.1, 0.15) is 175 Å². The normalized spacial score (nSPS) is 31.6. The molecule has 5 N–H and O–H groups in total. The minimum atomic E-state index is -1.64. The Morgan fingerprint density at radius 3 is 1.86 bits per heavy atom. The maximum absolute atomic E-state index is 12.1. The monoisotopic (exact) mass is 827 g/mol. The zero-order valence-electron chi connectivity index (χ0n) is 35.8. The summed E-state index contributed by atoms with van der Waals surface area (Å²) in [4.78, 5) is 23.8. The van der Waals surface area contributed by atoms with Crippen LogP contribution in [0.3, 0.4) is 0 Å². The number of carbonyl (C=O) groups excluding carboxylic acids is 2. The standard InChI is InChI=1S/C45H78O13/c1-4-5-6-16-20-33(47)21-18-23-34(53-29-40-41(48)42(49)43(50)45(52)58-40)36-24-25-38(56-36)39-27-26-37(57-39)35(55-31(3)46)22-17-14-12-10-8-7-9-11-13-15-19-32-28-30(2)54-44(32)51/h28,30,33-43,45,47-50,52H,4-27,29H2,1-3H3/t30-,33-,34-,35+,36+,37+,38+,39+,40+,41+,42-,43+,45+/m0/s1. The third kappa shape index (κ3) is 16.6. The highest BCUT2D eigenvalue weighted by atomic mass is 16.7. The molecule has 0 aromatic rings. The van der Waals surface area contributed by atoms with E-state index >= 15 is 0 Å². The van der Waals surface area contributed by atoms with Gasteiger partial charge in [0, 0.05) is 12.5 Å². The molecule has 13 heteroatoms. The van der Waals surface area contributed by atoms with Crippen LogP contribution in [-0.4, -0.2) is 124 Å². The fourth-order valence-corrected chi connectivity index (χ4v) is 9.07. The van der Waals surface area contributed by atoms with Gasteiger partial charge in [0.25, 0.3) is 0 Å². The van der Waals surface area contributed by atoms with Crippen molar-refractivity contribution in [2.75, 3.05) is 6.61 Å². The fraction of sp³-hybridized carbons (Fsp3) is 0.911. The predicted octanol–water partition coefficient (Wildman–Crippen LogP) is 6.25. The largest absolute Gasteiger partial charge is 0.460 e. The van der Waals surface area contributed by atoms with Crippen molar-refractivity contribution in [1.29, 1.82) is 0 Å². The summed E-state index contributed by atoms with van der Waals surface area (Å²) in [5.41, 5.74) is 0.836. The van der Waals surface area contributed by atoms with Crippen LogP contribution in [0.15, 0.2) is 11.6 Å². The highest BCUT2D eigenvalue weighted by Gasteiger charge is 2.45. The average Bonchev–Trinajstić information content (AvgIpc) is 3.96. The SMILES string of the molecule is CCCCCC[C@H](O)CCC[C@H](OC[C@H]1O[C@@H](O)[C@H](O)[C@@H](O)[C@@H]1O)[C@H]1CC[C@H]([C@H]2CC[C@H]([C@@H](CCCCCCCCCCCCC3=C[C@H](C)OC3=O)OC(C)=O)O2)O1. The molecule has 4 aliphatic rings. The Morgan fingerprint density at radius 2 is 1.26 bits per heavy atom. The Morgan fingerprint density at radius 1 is 0.707 bits per heavy atom. The highest BCUT2D eigenvalue weighted by Crippen LogP contribution is 2.36. The Balaban J connectivity index is 1.16. The fourth-order valence-electron chi connectivity index (χ4n) is 9.07. The first-order valence-corrected chi connectivity index (χ1v) is 23.0. The molecule has 13 atom stereocenters. The first kappa shape index (κ1) is 49.0. The van der Waals surface area contributed by atoms with E-state index in [4.69, 9.17) is 28.4 Å². The van der Waals surface area contributed by atoms with Crippen molar-refractivity contribution < 1.29 is 63.5 Å². The van der Waals surface area contributed by atoms with E-state index in [1.165, 1.54) is 45.4 Å². The summed E-state index contributed by atoms with van der Waals surface area (Å²) in [7, 11) is 0. The second-order valence-corrected chi connectivity index (χ2v) is 17.4. The second kappa shape index (κ2) is 26.6. The Hall–Kier alpha value is -1.68. The summed E-state index contributed by atoms with van der Waals surface area (Å²) in [6.45, 7) is 5.41. The number of rotatable bonds is 29. The minimum absolute atomic E-state index is 0.0834. The van der Waals surface area contributed by atoms with E-state index in [-0.39, 0.29) is 67.4 Å². The Labute approximate surface area is 347 Å². The van der Waals surface area contributed by atoms with E-state index in [1.54, 1.807) is 0 Å². The molecule has 0 unspecified atom stereocenters. The topological polar surface area (TPSA) is 191 Å². The number of cyclic esters (lactones) is 1. The Kier molecular flexibility index (Phi) is 22.5. The van der Waals surface area contributed by atoms with Crippen molar-refractivity contribution in [2.24, 2.45) is 0 Å². The predicted molar refractivity (Wildman–Crippen MR) is 218 cm³/mol. The second-order valence-electron chi connectivity index (χ2n) is 17.4. The van der Waals surface area contributed by atoms with Crippen molar-refractivity contribution in [3.8, 4) is 0 Å². The maximum Gasteiger partial charge on any atom is 0.334 e. The van der Waals surface area contributed by atoms with Gasteiger partial charge in [-0.15, -0.1) is 0 Å². The quantitative estimate of drug-likeness (QED) is 0.0421. The van der Waals surface area contributed by atoms with Crippen molar-refractivity contribution >= 4 is 11.9 Å². The van der Waals surface area contributed by atoms with Crippen LogP contribution in [-0.2, 0) is 38.0 Å². The number of hydrogen-bond acceptors (Lipinski definition) is 13. The molecule has 4 heterocycles. The van der Waals surface area contributed by atoms with Gasteiger partial charge in [-0.05, 0) is 90.0 Å². The zero-order chi connectivity index (χ0) is 41.9. The number of carbonyl (C=O) groups is 2. The molecule has 3 saturated heterocycles. The van der Waals surface area contributed by atoms with Gasteiger partial charge in [-0.3, -0.25) is 4.79 Å². The molecule has 0 aromatic heterocycles. The lowest BCUT2D eigenvalue weighted by Gasteiger charge is -2.39. The van der Waals surface area contributed by atoms with Gasteiger partial charge in [-0.25, -0.2) is 4.79 Å². The van der Waals surface area contributed by atoms with Crippen molar-refractivity contribution in [2.45, 2.75) is 254 Å². The van der Waals surface area contributed by atoms with Gasteiger partial charge >= 0.3 is 11.9 Å². The third-order valence-electron chi connectivity index (χ3n) is 12.5. The van der Waals surface area contributed by atoms with Crippen molar-refractivity contribution in [3.05, 3.63) is 11.6 Å². The van der Waals surface area contributed by atoms with E-state index < -0.39 is 30.7 Å². The zero-order valence-corrected chi connectivity index (χ0v) is 35.8. The molecule has 336 valence electrons. The summed E-state index contributed by atoms with van der Waals surface area (Å²) in [5, 5.41) is 51.3. The van der Waals surface area contributed by atoms with E-state index in [0.717, 1.165) is 102 Å². The van der Waals surface area contributed by atoms with Crippen LogP contribution in [0.4, 0.5) is 0 Å². The third-order valence-corrected chi connectivity index (χ3v) is 12.5. The number of aliphatic hydroxyl groups is 5. The lowest BCUT2D eigenvalue weighted by atomic mass is 9.98. The molecule has 0 radical (unpaired) electrons. The van der Waals surface area contributed by atoms with Crippen LogP contribution in [0.2, 0.25) is 0 Å². The van der Waals surface area contributed by atoms with E-state index in [9.17, 15) is 35.1 Å². The van der Waals surface area contributed by atoms with Crippen LogP contribution in [0, 0.1) is 0 Å². The molecule has 13 nitrogen and oxygen atoms in total. The number of hydrogen-bond donors (Lipinski definition) is 5. The van der Waals surface area contributed by atoms with E-state index in [1.807, 2.05) is 13.0 Å². The minimum Gasteiger partial charge on any atom is -0.460 e. The van der Waals surface area contributed by atoms with E-state index in [0.29, 0.717) is 19.3 Å². The van der Waals surface area contributed by atoms with Crippen LogP contribution < -0.4 is 0 Å². The number of ether oxygens (including phenoxy) is 6. The molecule has 4 rings (SSSR count). The molecule has 0 amide bonds. The summed E-state index contributed by atoms with van der Waals surface area (Å²) in [6, 6.07) is 0. The van der Waals surface area contributed by atoms with Gasteiger partial charge in [0.15, 0.2) is 6.29 Å². The molecule has 58 heavy (non-hydrogen) atoms. The number of unbranched alkanes of at least 4 members (excludes halogenated alkanes) is 12. The lowest BCUT2D eigenvalue weighted by Crippen LogP contribution is -2.58. The molecule has 0 aliphatic carbocycles. The summed E-state index contributed by atoms with van der Waals surface area (Å²) < 4.78 is 35.8. The molecule has 0 saturated carbocycles. The maximum atomic E-state index is 12.1. The molecule has 4 aliphatic heterocycles. The van der Waals surface area contributed by atoms with Gasteiger partial charge in [0.1, 0.15) is 36.6 Å². The van der Waals surface area contributed by atoms with Crippen LogP contribution >= 0.6 is 0 Å². The number of aliphatic hydroxyl groups excluding tert-OH is 5. The lowest BCUT2D eigenvalue weighted by molar-refractivity contribution is -0.291. The van der Waals surface area contributed by atoms with Gasteiger partial charge < -0.3 is 54.0 Å². The van der Waals surface area contributed by atoms with Gasteiger partial charge in [-0.1, -0.05) is 84.0 Å². The smallest absolute Gasteiger partial charge is 0.334 e. The van der Waals surface area contributed by atoms with Crippen molar-refractivity contribution in [3.63, 3.8) is 0 Å². The molecule has 0 spiro atoms. The Bertz CT molecular complexity index is 1200. The summed E-state index contributed by atoms with van der Waals surface area (Å²) in [5.74, 6) is -0.444. The highest BCUT2D eigenvalue weighted by molar-refractivity contribution is 5.90. The van der Waals surface area contributed by atoms with Gasteiger partial charge in [-0.2, -0.15) is 0 Å². The van der Waals surface area contributed by atoms with E-state index in [2.05, 4.69) is 6.92 Å². The van der Waals surface area contributed by atoms with Gasteiger partial charge in [0.05, 0.1) is 43.2 Å². The van der Waals surface area contributed by atoms with Crippen LogP contribution in [0.25, 0.3) is 0 Å². The summed E-state index contributed by atoms with van der Waals surface area (Å²) in [6.07, 6.45) is 16.1. The average molecular weight is 827 g/mol. The van der Waals surface area contributed by atoms with Crippen LogP contribution in [0.5, 0.6) is 0 Å². The number of esters is 2. The first-order valence-electron chi connectivity index (χ1n) is 23.0. The molecular formula is C45H78O13.